The zero-order chi connectivity index (χ0) is 16.7. The first-order chi connectivity index (χ1) is 11.6. The lowest BCUT2D eigenvalue weighted by molar-refractivity contribution is 0.585. The molecule has 0 radical (unpaired) electrons. The lowest BCUT2D eigenvalue weighted by Gasteiger charge is -2.17. The van der Waals surface area contributed by atoms with E-state index in [-0.39, 0.29) is 5.56 Å². The van der Waals surface area contributed by atoms with Crippen molar-refractivity contribution in [3.8, 4) is 11.3 Å². The third-order valence-corrected chi connectivity index (χ3v) is 4.22. The fourth-order valence-corrected chi connectivity index (χ4v) is 3.04. The van der Waals surface area contributed by atoms with Gasteiger partial charge in [0, 0.05) is 36.2 Å². The fraction of sp³-hybridized carbons (Fsp3) is 0.222. The molecule has 3 nitrogen and oxygen atoms in total. The summed E-state index contributed by atoms with van der Waals surface area (Å²) in [5, 5.41) is 0.532. The van der Waals surface area contributed by atoms with Gasteiger partial charge in [0.1, 0.15) is 17.5 Å². The maximum atomic E-state index is 14.3. The van der Waals surface area contributed by atoms with Gasteiger partial charge in [-0.15, -0.1) is 0 Å². The van der Waals surface area contributed by atoms with Gasteiger partial charge in [-0.25, -0.2) is 23.1 Å². The number of anilines is 1. The molecule has 1 saturated heterocycles. The molecule has 1 fully saturated rings. The van der Waals surface area contributed by atoms with E-state index in [1.165, 1.54) is 30.3 Å². The van der Waals surface area contributed by atoms with E-state index in [0.717, 1.165) is 32.0 Å². The van der Waals surface area contributed by atoms with Crippen LogP contribution in [0.15, 0.2) is 36.4 Å². The van der Waals surface area contributed by atoms with Crippen LogP contribution in [0.25, 0.3) is 22.2 Å². The third-order valence-electron chi connectivity index (χ3n) is 4.22. The second-order valence-electron chi connectivity index (χ2n) is 5.85. The van der Waals surface area contributed by atoms with Crippen LogP contribution < -0.4 is 4.90 Å². The van der Waals surface area contributed by atoms with Gasteiger partial charge in [0.15, 0.2) is 0 Å². The van der Waals surface area contributed by atoms with Crippen LogP contribution in [0.3, 0.4) is 0 Å². The standard InChI is InChI=1S/C18H14F3N3/c19-11-3-5-13(15(21)9-11)17-14-6-4-12(20)10-16(14)22-18(23-17)24-7-1-2-8-24/h3-6,9-10H,1-2,7-8H2. The Balaban J connectivity index is 1.97. The first-order valence-corrected chi connectivity index (χ1v) is 7.79. The van der Waals surface area contributed by atoms with Crippen molar-refractivity contribution >= 4 is 16.9 Å². The minimum Gasteiger partial charge on any atom is -0.341 e. The minimum absolute atomic E-state index is 0.177. The van der Waals surface area contributed by atoms with Crippen LogP contribution >= 0.6 is 0 Å². The van der Waals surface area contributed by atoms with E-state index in [2.05, 4.69) is 9.97 Å². The highest BCUT2D eigenvalue weighted by atomic mass is 19.1. The predicted molar refractivity (Wildman–Crippen MR) is 86.3 cm³/mol. The van der Waals surface area contributed by atoms with Crippen LogP contribution in [-0.2, 0) is 0 Å². The summed E-state index contributed by atoms with van der Waals surface area (Å²) in [5.74, 6) is -1.32. The molecule has 4 rings (SSSR count). The Bertz CT molecular complexity index is 921. The number of aromatic nitrogens is 2. The normalized spacial score (nSPS) is 14.5. The monoisotopic (exact) mass is 329 g/mol. The van der Waals surface area contributed by atoms with Gasteiger partial charge in [0.2, 0.25) is 5.95 Å². The fourth-order valence-electron chi connectivity index (χ4n) is 3.04. The Morgan fingerprint density at radius 2 is 1.54 bits per heavy atom. The molecular weight excluding hydrogens is 315 g/mol. The Hall–Kier alpha value is -2.63. The molecule has 122 valence electrons. The molecule has 0 N–H and O–H groups in total. The number of hydrogen-bond acceptors (Lipinski definition) is 3. The third kappa shape index (κ3) is 2.58. The number of fused-ring (bicyclic) bond motifs is 1. The van der Waals surface area contributed by atoms with Gasteiger partial charge >= 0.3 is 0 Å². The second-order valence-corrected chi connectivity index (χ2v) is 5.85. The highest BCUT2D eigenvalue weighted by Gasteiger charge is 2.19. The van der Waals surface area contributed by atoms with Gasteiger partial charge < -0.3 is 4.90 Å². The Morgan fingerprint density at radius 3 is 2.29 bits per heavy atom. The van der Waals surface area contributed by atoms with Crippen LogP contribution in [-0.4, -0.2) is 23.1 Å². The van der Waals surface area contributed by atoms with Crippen LogP contribution in [0.1, 0.15) is 12.8 Å². The summed E-state index contributed by atoms with van der Waals surface area (Å²) in [7, 11) is 0. The number of halogens is 3. The zero-order valence-electron chi connectivity index (χ0n) is 12.8. The number of rotatable bonds is 2. The van der Waals surface area contributed by atoms with Crippen LogP contribution in [0.2, 0.25) is 0 Å². The molecule has 24 heavy (non-hydrogen) atoms. The summed E-state index contributed by atoms with van der Waals surface area (Å²) in [6, 6.07) is 7.47. The highest BCUT2D eigenvalue weighted by Crippen LogP contribution is 2.31. The summed E-state index contributed by atoms with van der Waals surface area (Å²) in [5.41, 5.74) is 0.931. The molecule has 6 heteroatoms. The van der Waals surface area contributed by atoms with Crippen LogP contribution in [0.4, 0.5) is 19.1 Å². The smallest absolute Gasteiger partial charge is 0.226 e. The van der Waals surface area contributed by atoms with Crippen molar-refractivity contribution in [2.45, 2.75) is 12.8 Å². The first-order valence-electron chi connectivity index (χ1n) is 7.79. The van der Waals surface area contributed by atoms with Gasteiger partial charge in [-0.2, -0.15) is 0 Å². The molecule has 0 amide bonds. The van der Waals surface area contributed by atoms with E-state index >= 15 is 0 Å². The number of hydrogen-bond donors (Lipinski definition) is 0. The molecule has 2 heterocycles. The zero-order valence-corrected chi connectivity index (χ0v) is 12.8. The van der Waals surface area contributed by atoms with E-state index < -0.39 is 17.5 Å². The van der Waals surface area contributed by atoms with E-state index in [4.69, 9.17) is 0 Å². The summed E-state index contributed by atoms with van der Waals surface area (Å²) < 4.78 is 41.1. The molecule has 0 spiro atoms. The van der Waals surface area contributed by atoms with E-state index in [0.29, 0.717) is 22.5 Å². The SMILES string of the molecule is Fc1ccc(-c2nc(N3CCCC3)nc3cc(F)ccc23)c(F)c1. The van der Waals surface area contributed by atoms with Gasteiger partial charge in [-0.3, -0.25) is 0 Å². The lowest BCUT2D eigenvalue weighted by Crippen LogP contribution is -2.20. The van der Waals surface area contributed by atoms with Crippen molar-refractivity contribution < 1.29 is 13.2 Å². The van der Waals surface area contributed by atoms with Crippen molar-refractivity contribution in [3.05, 3.63) is 53.8 Å². The van der Waals surface area contributed by atoms with Crippen molar-refractivity contribution in [1.29, 1.82) is 0 Å². The molecule has 1 aliphatic rings. The molecule has 3 aromatic rings. The van der Waals surface area contributed by atoms with Crippen LogP contribution in [0, 0.1) is 17.5 Å². The molecule has 0 saturated carbocycles. The summed E-state index contributed by atoms with van der Waals surface area (Å²) >= 11 is 0. The molecule has 0 aliphatic carbocycles. The van der Waals surface area contributed by atoms with Crippen molar-refractivity contribution in [2.24, 2.45) is 0 Å². The Kier molecular flexibility index (Phi) is 3.59. The number of benzene rings is 2. The van der Waals surface area contributed by atoms with Gasteiger partial charge in [0.05, 0.1) is 11.2 Å². The number of nitrogens with zero attached hydrogens (tertiary/aromatic N) is 3. The Labute approximate surface area is 136 Å². The average Bonchev–Trinajstić information content (AvgIpc) is 3.08. The Morgan fingerprint density at radius 1 is 0.833 bits per heavy atom. The maximum absolute atomic E-state index is 14.3. The molecule has 0 atom stereocenters. The van der Waals surface area contributed by atoms with Gasteiger partial charge in [-0.1, -0.05) is 0 Å². The quantitative estimate of drug-likeness (QED) is 0.701. The van der Waals surface area contributed by atoms with Crippen LogP contribution in [0.5, 0.6) is 0 Å². The molecular formula is C18H14F3N3. The summed E-state index contributed by atoms with van der Waals surface area (Å²) in [6.45, 7) is 1.62. The topological polar surface area (TPSA) is 29.0 Å². The van der Waals surface area contributed by atoms with E-state index in [1.54, 1.807) is 0 Å². The van der Waals surface area contributed by atoms with Gasteiger partial charge in [-0.05, 0) is 37.1 Å². The molecule has 1 aliphatic heterocycles. The molecule has 1 aromatic heterocycles. The largest absolute Gasteiger partial charge is 0.341 e. The lowest BCUT2D eigenvalue weighted by atomic mass is 10.1. The van der Waals surface area contributed by atoms with Crippen molar-refractivity contribution in [2.75, 3.05) is 18.0 Å². The molecule has 0 unspecified atom stereocenters. The van der Waals surface area contributed by atoms with Gasteiger partial charge in [0.25, 0.3) is 0 Å². The van der Waals surface area contributed by atoms with E-state index in [9.17, 15) is 13.2 Å². The highest BCUT2D eigenvalue weighted by molar-refractivity contribution is 5.93. The summed E-state index contributed by atoms with van der Waals surface area (Å²) in [4.78, 5) is 10.9. The second kappa shape index (κ2) is 5.78. The minimum atomic E-state index is -0.702. The van der Waals surface area contributed by atoms with Crippen molar-refractivity contribution in [1.82, 2.24) is 9.97 Å². The maximum Gasteiger partial charge on any atom is 0.226 e. The predicted octanol–water partition coefficient (Wildman–Crippen LogP) is 4.31. The average molecular weight is 329 g/mol. The first kappa shape index (κ1) is 14.9. The molecule has 0 bridgehead atoms. The van der Waals surface area contributed by atoms with E-state index in [1.807, 2.05) is 4.90 Å². The summed E-state index contributed by atoms with van der Waals surface area (Å²) in [6.07, 6.45) is 2.07. The van der Waals surface area contributed by atoms with Crippen molar-refractivity contribution in [3.63, 3.8) is 0 Å². The molecule has 2 aromatic carbocycles.